The van der Waals surface area contributed by atoms with Crippen molar-refractivity contribution < 1.29 is 60.6 Å². The van der Waals surface area contributed by atoms with Gasteiger partial charge in [0.1, 0.15) is 11.7 Å². The van der Waals surface area contributed by atoms with Gasteiger partial charge in [0.05, 0.1) is 12.9 Å². The van der Waals surface area contributed by atoms with Crippen molar-refractivity contribution in [2.24, 2.45) is 5.73 Å². The molecule has 3 unspecified atom stereocenters. The molecule has 1 aliphatic heterocycles. The Hall–Kier alpha value is -1.63. The fraction of sp³-hybridized carbons (Fsp3) is 0.545. The number of nitrogens with one attached hydrogen (secondary N) is 1. The van der Waals surface area contributed by atoms with Crippen molar-refractivity contribution in [2.45, 2.75) is 24.1 Å². The molecule has 19 nitrogen and oxygen atoms in total. The van der Waals surface area contributed by atoms with E-state index in [1.54, 1.807) is 0 Å². The zero-order chi connectivity index (χ0) is 25.7. The zero-order valence-electron chi connectivity index (χ0n) is 16.4. The van der Waals surface area contributed by atoms with Crippen LogP contribution in [0.2, 0.25) is 0 Å². The van der Waals surface area contributed by atoms with Crippen molar-refractivity contribution in [3.05, 3.63) is 16.7 Å². The Morgan fingerprint density at radius 2 is 1.88 bits per heavy atom. The maximum atomic E-state index is 15.0. The highest BCUT2D eigenvalue weighted by Crippen LogP contribution is 2.66. The van der Waals surface area contributed by atoms with E-state index in [0.717, 1.165) is 10.9 Å². The summed E-state index contributed by atoms with van der Waals surface area (Å²) in [4.78, 5) is 57.6. The van der Waals surface area contributed by atoms with Crippen molar-refractivity contribution in [1.29, 1.82) is 0 Å². The van der Waals surface area contributed by atoms with Gasteiger partial charge < -0.3 is 40.9 Å². The van der Waals surface area contributed by atoms with Gasteiger partial charge in [0.25, 0.3) is 5.56 Å². The lowest BCUT2D eigenvalue weighted by molar-refractivity contribution is -0.118. The monoisotopic (exact) mass is 554 g/mol. The third-order valence-electron chi connectivity index (χ3n) is 4.43. The molecule has 0 saturated carbocycles. The number of hydrogen-bond donors (Lipinski definition) is 8. The van der Waals surface area contributed by atoms with Gasteiger partial charge in [-0.05, 0) is 0 Å². The van der Waals surface area contributed by atoms with E-state index in [2.05, 4.69) is 28.1 Å². The van der Waals surface area contributed by atoms with Crippen molar-refractivity contribution in [3.63, 3.8) is 0 Å². The van der Waals surface area contributed by atoms with E-state index in [4.69, 9.17) is 26.0 Å². The number of hydrogen-bond acceptors (Lipinski definition) is 13. The van der Waals surface area contributed by atoms with Gasteiger partial charge in [-0.25, -0.2) is 23.1 Å². The molecular weight excluding hydrogens is 536 g/mol. The molecule has 2 aromatic heterocycles. The normalized spacial score (nSPS) is 29.2. The Labute approximate surface area is 186 Å². The minimum Gasteiger partial charge on any atom is -0.387 e. The number of rotatable bonds is 9. The van der Waals surface area contributed by atoms with Gasteiger partial charge in [0.2, 0.25) is 5.95 Å². The molecule has 10 N–H and O–H groups in total. The minimum atomic E-state index is -5.82. The van der Waals surface area contributed by atoms with E-state index in [1.165, 1.54) is 0 Å². The average Bonchev–Trinajstić information content (AvgIpc) is 3.18. The van der Waals surface area contributed by atoms with Crippen LogP contribution in [0.1, 0.15) is 6.23 Å². The van der Waals surface area contributed by atoms with Crippen LogP contribution in [0.25, 0.3) is 11.2 Å². The maximum Gasteiger partial charge on any atom is 0.490 e. The number of phosphoric ester groups is 1. The summed E-state index contributed by atoms with van der Waals surface area (Å²) in [5.41, 5.74) is 7.51. The molecule has 0 radical (unpaired) electrons. The van der Waals surface area contributed by atoms with Crippen LogP contribution >= 0.6 is 23.5 Å². The maximum absolute atomic E-state index is 15.0. The summed E-state index contributed by atoms with van der Waals surface area (Å²) >= 11 is 0. The molecule has 0 bridgehead atoms. The second kappa shape index (κ2) is 9.11. The number of phosphoric acid groups is 3. The lowest BCUT2D eigenvalue weighted by Gasteiger charge is -2.30. The number of nitrogens with two attached hydrogens (primary N) is 2. The van der Waals surface area contributed by atoms with E-state index in [9.17, 15) is 37.8 Å². The highest BCUT2D eigenvalue weighted by atomic mass is 31.3. The highest BCUT2D eigenvalue weighted by molar-refractivity contribution is 7.66. The lowest BCUT2D eigenvalue weighted by Crippen LogP contribution is -2.51. The Balaban J connectivity index is 1.83. The topological polar surface area (TPSA) is 305 Å². The molecule has 192 valence electrons. The summed E-state index contributed by atoms with van der Waals surface area (Å²) in [6, 6.07) is 0. The molecule has 34 heavy (non-hydrogen) atoms. The minimum absolute atomic E-state index is 0.234. The third-order valence-corrected chi connectivity index (χ3v) is 8.21. The predicted octanol–water partition coefficient (Wildman–Crippen LogP) is -2.03. The van der Waals surface area contributed by atoms with Crippen molar-refractivity contribution in [3.8, 4) is 0 Å². The number of imidazole rings is 1. The van der Waals surface area contributed by atoms with Crippen LogP contribution < -0.4 is 17.0 Å². The predicted molar refractivity (Wildman–Crippen MR) is 105 cm³/mol. The molecule has 0 aliphatic carbocycles. The van der Waals surface area contributed by atoms with Crippen LogP contribution in [-0.4, -0.2) is 75.2 Å². The number of aromatic nitrogens is 4. The van der Waals surface area contributed by atoms with E-state index < -0.39 is 66.3 Å². The van der Waals surface area contributed by atoms with Gasteiger partial charge in [-0.1, -0.05) is 0 Å². The summed E-state index contributed by atoms with van der Waals surface area (Å²) < 4.78 is 67.0. The largest absolute Gasteiger partial charge is 0.490 e. The molecule has 2 aromatic rings. The first-order valence-corrected chi connectivity index (χ1v) is 13.2. The Morgan fingerprint density at radius 1 is 1.24 bits per heavy atom. The summed E-state index contributed by atoms with van der Waals surface area (Å²) in [5.74, 6) is -0.342. The fourth-order valence-electron chi connectivity index (χ4n) is 3.00. The van der Waals surface area contributed by atoms with E-state index >= 15 is 0 Å². The molecule has 23 heteroatoms. The third kappa shape index (κ3) is 5.60. The zero-order valence-corrected chi connectivity index (χ0v) is 19.1. The summed E-state index contributed by atoms with van der Waals surface area (Å²) in [7, 11) is -17.1. The van der Waals surface area contributed by atoms with Crippen LogP contribution in [0.15, 0.2) is 11.1 Å². The first kappa shape index (κ1) is 27.0. The SMILES string of the molecule is NC[C@]1(COP(=O)(O)OP(=O)(O)OP(=O)(O)O)OC(n2cnc3c(=O)[nH]c(N)nc32)[C@H](F)[C@@H]1O. The van der Waals surface area contributed by atoms with E-state index in [-0.39, 0.29) is 17.1 Å². The smallest absolute Gasteiger partial charge is 0.387 e. The van der Waals surface area contributed by atoms with Crippen molar-refractivity contribution in [2.75, 3.05) is 18.9 Å². The molecule has 0 spiro atoms. The number of H-pyrrole nitrogens is 1. The van der Waals surface area contributed by atoms with Crippen LogP contribution in [0.5, 0.6) is 0 Å². The van der Waals surface area contributed by atoms with Gasteiger partial charge in [-0.15, -0.1) is 0 Å². The number of aliphatic hydroxyl groups is 1. The Bertz CT molecular complexity index is 1280. The van der Waals surface area contributed by atoms with Crippen molar-refractivity contribution in [1.82, 2.24) is 19.5 Å². The first-order valence-electron chi connectivity index (χ1n) is 8.70. The molecular formula is C11H18FN6O13P3. The molecule has 1 saturated heterocycles. The molecule has 0 amide bonds. The van der Waals surface area contributed by atoms with Gasteiger partial charge >= 0.3 is 23.5 Å². The van der Waals surface area contributed by atoms with E-state index in [0.29, 0.717) is 0 Å². The number of ether oxygens (including phenoxy) is 1. The summed E-state index contributed by atoms with van der Waals surface area (Å²) in [5, 5.41) is 10.4. The standard InChI is InChI=1S/C11H18FN6O13P3/c12-4-6(19)11(1-13,2-28-33(24,25)31-34(26,27)30-32(21,22)23)29-9(4)18-3-15-5-7(18)16-10(14)17-8(5)20/h3-4,6,9,19H,1-2,13H2,(H,24,25)(H,26,27)(H2,21,22,23)(H3,14,16,17,20)/t4-,6+,9?,11-/m1/s1. The van der Waals surface area contributed by atoms with Gasteiger partial charge in [-0.2, -0.15) is 13.6 Å². The van der Waals surface area contributed by atoms with Gasteiger partial charge in [-0.3, -0.25) is 18.9 Å². The number of fused-ring (bicyclic) bond motifs is 1. The Kier molecular flexibility index (Phi) is 7.22. The van der Waals surface area contributed by atoms with Crippen LogP contribution in [0, 0.1) is 0 Å². The molecule has 1 aliphatic rings. The molecule has 3 rings (SSSR count). The second-order valence-electron chi connectivity index (χ2n) is 6.81. The highest BCUT2D eigenvalue weighted by Gasteiger charge is 2.57. The molecule has 0 aromatic carbocycles. The second-order valence-corrected chi connectivity index (χ2v) is 11.2. The van der Waals surface area contributed by atoms with Crippen LogP contribution in [-0.2, 0) is 31.6 Å². The number of alkyl halides is 1. The quantitative estimate of drug-likeness (QED) is 0.155. The summed E-state index contributed by atoms with van der Waals surface area (Å²) in [6.07, 6.45) is -5.23. The number of nitrogen functional groups attached to an aromatic ring is 1. The van der Waals surface area contributed by atoms with Crippen molar-refractivity contribution >= 4 is 40.6 Å². The number of aliphatic hydroxyl groups excluding tert-OH is 1. The number of nitrogens with zero attached hydrogens (tertiary/aromatic N) is 3. The average molecular weight is 554 g/mol. The van der Waals surface area contributed by atoms with E-state index in [1.807, 2.05) is 0 Å². The van der Waals surface area contributed by atoms with Gasteiger partial charge in [0.15, 0.2) is 23.6 Å². The first-order chi connectivity index (χ1) is 15.5. The Morgan fingerprint density at radius 3 is 2.47 bits per heavy atom. The fourth-order valence-corrected chi connectivity index (χ4v) is 6.08. The number of aromatic amines is 1. The molecule has 3 heterocycles. The number of anilines is 1. The van der Waals surface area contributed by atoms with Crippen LogP contribution in [0.4, 0.5) is 10.3 Å². The summed E-state index contributed by atoms with van der Waals surface area (Å²) in [6.45, 7) is -1.97. The molecule has 1 fully saturated rings. The molecule has 6 atom stereocenters. The lowest BCUT2D eigenvalue weighted by atomic mass is 9.97. The number of halogens is 1. The van der Waals surface area contributed by atoms with Gasteiger partial charge in [0, 0.05) is 6.54 Å². The van der Waals surface area contributed by atoms with Crippen LogP contribution in [0.3, 0.4) is 0 Å².